The topological polar surface area (TPSA) is 20.8 Å². The van der Waals surface area contributed by atoms with E-state index in [9.17, 15) is 0 Å². The minimum absolute atomic E-state index is 0.576. The van der Waals surface area contributed by atoms with E-state index in [2.05, 4.69) is 4.98 Å². The molecule has 0 bridgehead atoms. The quantitative estimate of drug-likeness (QED) is 0.724. The Morgan fingerprint density at radius 3 is 2.61 bits per heavy atom. The van der Waals surface area contributed by atoms with E-state index in [1.54, 1.807) is 19.4 Å². The Kier molecular flexibility index (Phi) is 2.85. The van der Waals surface area contributed by atoms with Crippen LogP contribution in [0.5, 0.6) is 0 Å². The summed E-state index contributed by atoms with van der Waals surface area (Å²) in [6.45, 7) is 3.35. The van der Waals surface area contributed by atoms with Crippen molar-refractivity contribution in [3.8, 4) is 0 Å². The van der Waals surface area contributed by atoms with Crippen LogP contribution in [0.15, 0.2) is 34.3 Å². The maximum atomic E-state index is 15.3. The average Bonchev–Trinajstić information content (AvgIpc) is 3.12. The second kappa shape index (κ2) is 4.51. The van der Waals surface area contributed by atoms with E-state index in [1.165, 1.54) is 20.3 Å². The van der Waals surface area contributed by atoms with Gasteiger partial charge >= 0.3 is 6.97 Å². The minimum Gasteiger partial charge on any atom is -0.393 e. The number of hydrogen-bond acceptors (Lipinski definition) is 2. The first kappa shape index (κ1) is 14.6. The van der Waals surface area contributed by atoms with Crippen LogP contribution in [0.25, 0.3) is 5.57 Å². The lowest BCUT2D eigenvalue weighted by Crippen LogP contribution is -2.51. The third-order valence-corrected chi connectivity index (χ3v) is 5.21. The van der Waals surface area contributed by atoms with Gasteiger partial charge in [0.2, 0.25) is 0 Å². The van der Waals surface area contributed by atoms with E-state index in [-0.39, 0.29) is 0 Å². The summed E-state index contributed by atoms with van der Waals surface area (Å²) in [6, 6.07) is 1.83. The van der Waals surface area contributed by atoms with Gasteiger partial charge in [0.25, 0.3) is 0 Å². The molecule has 0 saturated carbocycles. The molecule has 0 atom stereocenters. The summed E-state index contributed by atoms with van der Waals surface area (Å²) >= 11 is 1.47. The molecule has 0 aromatic carbocycles. The van der Waals surface area contributed by atoms with E-state index >= 15 is 8.63 Å². The molecular weight excluding hydrogens is 315 g/mol. The highest BCUT2D eigenvalue weighted by Crippen LogP contribution is 2.43. The maximum absolute atomic E-state index is 15.3. The minimum atomic E-state index is -3.90. The van der Waals surface area contributed by atoms with Gasteiger partial charge in [0, 0.05) is 29.6 Å². The van der Waals surface area contributed by atoms with E-state index in [1.807, 2.05) is 31.4 Å². The predicted octanol–water partition coefficient (Wildman–Crippen LogP) is 3.99. The van der Waals surface area contributed by atoms with Crippen molar-refractivity contribution in [3.05, 3.63) is 56.9 Å². The van der Waals surface area contributed by atoms with E-state index in [0.29, 0.717) is 22.8 Å². The Labute approximate surface area is 137 Å². The van der Waals surface area contributed by atoms with Gasteiger partial charge in [0.15, 0.2) is 5.70 Å². The predicted molar refractivity (Wildman–Crippen MR) is 90.1 cm³/mol. The standard InChI is InChI=1S/C16H16BF2N3S/c1-9-5-11(3)21-15(9)14(13-7-23-8-20-13)16-10(2)6-12(4)22(16)17(21,18)19/h5-8H,1-4H3. The fourth-order valence-corrected chi connectivity index (χ4v) is 4.42. The number of thiazole rings is 1. The highest BCUT2D eigenvalue weighted by Gasteiger charge is 2.55. The number of hydrogen-bond donors (Lipinski definition) is 0. The van der Waals surface area contributed by atoms with Crippen LogP contribution >= 0.6 is 11.3 Å². The molecule has 118 valence electrons. The zero-order valence-corrected chi connectivity index (χ0v) is 14.2. The SMILES string of the molecule is CC1=CC(C)=[N+]2C1=C(c1cscn1)c1c(C)cc(C)n1[B-]2(F)F. The molecule has 7 heteroatoms. The van der Waals surface area contributed by atoms with Crippen molar-refractivity contribution in [2.24, 2.45) is 0 Å². The van der Waals surface area contributed by atoms with Gasteiger partial charge in [-0.25, -0.2) is 4.98 Å². The highest BCUT2D eigenvalue weighted by atomic mass is 32.1. The number of nitrogens with zero attached hydrogens (tertiary/aromatic N) is 3. The molecule has 0 spiro atoms. The molecule has 0 fully saturated rings. The summed E-state index contributed by atoms with van der Waals surface area (Å²) in [4.78, 5) is 4.40. The number of halogens is 2. The molecule has 4 rings (SSSR count). The number of aromatic nitrogens is 2. The van der Waals surface area contributed by atoms with Gasteiger partial charge in [0.1, 0.15) is 5.71 Å². The molecule has 2 aliphatic heterocycles. The lowest BCUT2D eigenvalue weighted by molar-refractivity contribution is -0.363. The van der Waals surface area contributed by atoms with Crippen LogP contribution < -0.4 is 0 Å². The zero-order valence-electron chi connectivity index (χ0n) is 13.4. The van der Waals surface area contributed by atoms with Crippen molar-refractivity contribution in [2.75, 3.05) is 0 Å². The summed E-state index contributed by atoms with van der Waals surface area (Å²) in [5, 5.41) is 1.92. The van der Waals surface area contributed by atoms with Gasteiger partial charge in [0.05, 0.1) is 16.8 Å². The number of rotatable bonds is 1. The largest absolute Gasteiger partial charge is 0.737 e. The third-order valence-electron chi connectivity index (χ3n) is 4.62. The molecule has 2 aromatic heterocycles. The molecule has 0 N–H and O–H groups in total. The van der Waals surface area contributed by atoms with Crippen LogP contribution in [0.4, 0.5) is 8.63 Å². The normalized spacial score (nSPS) is 19.1. The number of fused-ring (bicyclic) bond motifs is 2. The van der Waals surface area contributed by atoms with Crippen molar-refractivity contribution in [2.45, 2.75) is 27.7 Å². The van der Waals surface area contributed by atoms with Gasteiger partial charge in [-0.15, -0.1) is 11.3 Å². The second-order valence-corrected chi connectivity index (χ2v) is 6.93. The average molecular weight is 331 g/mol. The van der Waals surface area contributed by atoms with Crippen molar-refractivity contribution < 1.29 is 13.1 Å². The van der Waals surface area contributed by atoms with Crippen LogP contribution in [0, 0.1) is 13.8 Å². The molecule has 3 nitrogen and oxygen atoms in total. The number of allylic oxidation sites excluding steroid dienone is 2. The van der Waals surface area contributed by atoms with Crippen molar-refractivity contribution in [1.82, 2.24) is 9.46 Å². The maximum Gasteiger partial charge on any atom is 0.737 e. The molecule has 0 saturated heterocycles. The summed E-state index contributed by atoms with van der Waals surface area (Å²) in [7, 11) is 0. The molecular formula is C16H16BF2N3S. The van der Waals surface area contributed by atoms with Crippen LogP contribution in [0.3, 0.4) is 0 Å². The molecule has 0 unspecified atom stereocenters. The van der Waals surface area contributed by atoms with E-state index in [0.717, 1.165) is 22.4 Å². The third kappa shape index (κ3) is 1.74. The van der Waals surface area contributed by atoms with Crippen molar-refractivity contribution in [1.29, 1.82) is 0 Å². The Balaban J connectivity index is 2.20. The Morgan fingerprint density at radius 2 is 1.96 bits per heavy atom. The first-order valence-corrected chi connectivity index (χ1v) is 8.44. The molecule has 0 radical (unpaired) electrons. The van der Waals surface area contributed by atoms with Crippen molar-refractivity contribution in [3.63, 3.8) is 0 Å². The van der Waals surface area contributed by atoms with Crippen molar-refractivity contribution >= 4 is 29.6 Å². The molecule has 23 heavy (non-hydrogen) atoms. The Bertz CT molecular complexity index is 933. The lowest BCUT2D eigenvalue weighted by Gasteiger charge is -2.33. The fraction of sp³-hybridized carbons (Fsp3) is 0.250. The highest BCUT2D eigenvalue weighted by molar-refractivity contribution is 7.07. The molecule has 0 aliphatic carbocycles. The lowest BCUT2D eigenvalue weighted by atomic mass is 9.85. The zero-order chi connectivity index (χ0) is 16.5. The van der Waals surface area contributed by atoms with Gasteiger partial charge in [-0.1, -0.05) is 0 Å². The smallest absolute Gasteiger partial charge is 0.393 e. The Hall–Kier alpha value is -2.02. The monoisotopic (exact) mass is 331 g/mol. The summed E-state index contributed by atoms with van der Waals surface area (Å²) < 4.78 is 33.0. The summed E-state index contributed by atoms with van der Waals surface area (Å²) in [5.41, 5.74) is 7.34. The number of aryl methyl sites for hydroxylation is 2. The van der Waals surface area contributed by atoms with Crippen LogP contribution in [-0.4, -0.2) is 26.6 Å². The molecule has 0 amide bonds. The van der Waals surface area contributed by atoms with Crippen LogP contribution in [-0.2, 0) is 0 Å². The summed E-state index contributed by atoms with van der Waals surface area (Å²) in [5.74, 6) is 0. The van der Waals surface area contributed by atoms with E-state index < -0.39 is 6.97 Å². The van der Waals surface area contributed by atoms with Crippen LogP contribution in [0.1, 0.15) is 36.5 Å². The molecule has 4 heterocycles. The van der Waals surface area contributed by atoms with Gasteiger partial charge in [-0.3, -0.25) is 0 Å². The van der Waals surface area contributed by atoms with Gasteiger partial charge in [-0.05, 0) is 38.1 Å². The molecule has 2 aromatic rings. The second-order valence-electron chi connectivity index (χ2n) is 6.21. The first-order valence-electron chi connectivity index (χ1n) is 7.49. The van der Waals surface area contributed by atoms with Gasteiger partial charge < -0.3 is 17.6 Å². The first-order chi connectivity index (χ1) is 10.8. The Morgan fingerprint density at radius 1 is 1.22 bits per heavy atom. The fourth-order valence-electron chi connectivity index (χ4n) is 3.88. The van der Waals surface area contributed by atoms with Gasteiger partial charge in [-0.2, -0.15) is 0 Å². The van der Waals surface area contributed by atoms with E-state index in [4.69, 9.17) is 0 Å². The molecule has 2 aliphatic rings. The van der Waals surface area contributed by atoms with Crippen LogP contribution in [0.2, 0.25) is 0 Å². The summed E-state index contributed by atoms with van der Waals surface area (Å²) in [6.07, 6.45) is 1.83.